The fraction of sp³-hybridized carbons (Fsp3) is 1.00. The Labute approximate surface area is 131 Å². The standard InChI is InChI=1S/C18H36N2O/c1-16-6-10-20(11-7-16)15-18(14-19-9-12-21-3)8-4-5-17(2)13-18/h16-17,19H,4-15H2,1-3H3. The van der Waals surface area contributed by atoms with Crippen molar-refractivity contribution in [3.8, 4) is 0 Å². The normalized spacial score (nSPS) is 32.4. The van der Waals surface area contributed by atoms with Crippen molar-refractivity contribution in [1.82, 2.24) is 10.2 Å². The number of likely N-dealkylation sites (tertiary alicyclic amines) is 1. The van der Waals surface area contributed by atoms with Gasteiger partial charge in [-0.2, -0.15) is 0 Å². The highest BCUT2D eigenvalue weighted by Crippen LogP contribution is 2.40. The SMILES string of the molecule is COCCNCC1(CN2CCC(C)CC2)CCCC(C)C1. The second-order valence-corrected chi connectivity index (χ2v) is 7.83. The summed E-state index contributed by atoms with van der Waals surface area (Å²) in [4.78, 5) is 2.75. The molecule has 2 rings (SSSR count). The maximum atomic E-state index is 5.17. The van der Waals surface area contributed by atoms with Gasteiger partial charge in [0.25, 0.3) is 0 Å². The summed E-state index contributed by atoms with van der Waals surface area (Å²) in [7, 11) is 1.79. The Bertz CT molecular complexity index is 289. The first-order valence-electron chi connectivity index (χ1n) is 9.05. The van der Waals surface area contributed by atoms with E-state index in [0.717, 1.165) is 25.0 Å². The predicted octanol–water partition coefficient (Wildman–Crippen LogP) is 3.15. The smallest absolute Gasteiger partial charge is 0.0587 e. The molecular formula is C18H36N2O. The van der Waals surface area contributed by atoms with E-state index >= 15 is 0 Å². The Morgan fingerprint density at radius 2 is 1.90 bits per heavy atom. The van der Waals surface area contributed by atoms with Gasteiger partial charge in [0, 0.05) is 26.7 Å². The van der Waals surface area contributed by atoms with E-state index in [9.17, 15) is 0 Å². The molecule has 1 saturated carbocycles. The van der Waals surface area contributed by atoms with Crippen molar-refractivity contribution in [3.05, 3.63) is 0 Å². The van der Waals surface area contributed by atoms with Crippen molar-refractivity contribution in [3.63, 3.8) is 0 Å². The predicted molar refractivity (Wildman–Crippen MR) is 89.6 cm³/mol. The lowest BCUT2D eigenvalue weighted by molar-refractivity contribution is 0.0612. The molecule has 2 fully saturated rings. The summed E-state index contributed by atoms with van der Waals surface area (Å²) in [5, 5.41) is 3.66. The molecule has 124 valence electrons. The van der Waals surface area contributed by atoms with E-state index < -0.39 is 0 Å². The van der Waals surface area contributed by atoms with Crippen LogP contribution in [0.15, 0.2) is 0 Å². The Hall–Kier alpha value is -0.120. The zero-order valence-electron chi connectivity index (χ0n) is 14.5. The van der Waals surface area contributed by atoms with Gasteiger partial charge in [-0.05, 0) is 56.0 Å². The van der Waals surface area contributed by atoms with Gasteiger partial charge in [0.15, 0.2) is 0 Å². The molecule has 21 heavy (non-hydrogen) atoms. The molecule has 0 aromatic rings. The summed E-state index contributed by atoms with van der Waals surface area (Å²) >= 11 is 0. The highest BCUT2D eigenvalue weighted by Gasteiger charge is 2.36. The molecule has 1 saturated heterocycles. The topological polar surface area (TPSA) is 24.5 Å². The summed E-state index contributed by atoms with van der Waals surface area (Å²) in [5.41, 5.74) is 0.506. The van der Waals surface area contributed by atoms with Crippen molar-refractivity contribution in [2.75, 3.05) is 46.4 Å². The van der Waals surface area contributed by atoms with Crippen LogP contribution < -0.4 is 5.32 Å². The lowest BCUT2D eigenvalue weighted by Crippen LogP contribution is -2.48. The second-order valence-electron chi connectivity index (χ2n) is 7.83. The number of piperidine rings is 1. The lowest BCUT2D eigenvalue weighted by atomic mass is 9.69. The third kappa shape index (κ3) is 5.54. The second kappa shape index (κ2) is 8.50. The molecule has 3 nitrogen and oxygen atoms in total. The van der Waals surface area contributed by atoms with Gasteiger partial charge in [-0.15, -0.1) is 0 Å². The van der Waals surface area contributed by atoms with Crippen LogP contribution in [0.5, 0.6) is 0 Å². The van der Waals surface area contributed by atoms with Crippen molar-refractivity contribution in [1.29, 1.82) is 0 Å². The van der Waals surface area contributed by atoms with Gasteiger partial charge in [-0.3, -0.25) is 0 Å². The summed E-state index contributed by atoms with van der Waals surface area (Å²) in [6.07, 6.45) is 8.43. The molecular weight excluding hydrogens is 260 g/mol. The number of hydrogen-bond donors (Lipinski definition) is 1. The van der Waals surface area contributed by atoms with Crippen LogP contribution in [0, 0.1) is 17.3 Å². The minimum absolute atomic E-state index is 0.506. The minimum Gasteiger partial charge on any atom is -0.383 e. The molecule has 0 radical (unpaired) electrons. The van der Waals surface area contributed by atoms with Crippen molar-refractivity contribution in [2.45, 2.75) is 52.4 Å². The van der Waals surface area contributed by atoms with E-state index in [0.29, 0.717) is 5.41 Å². The first-order chi connectivity index (χ1) is 10.1. The molecule has 1 N–H and O–H groups in total. The van der Waals surface area contributed by atoms with Crippen LogP contribution in [0.4, 0.5) is 0 Å². The number of methoxy groups -OCH3 is 1. The lowest BCUT2D eigenvalue weighted by Gasteiger charge is -2.45. The number of nitrogens with one attached hydrogen (secondary N) is 1. The molecule has 0 aromatic carbocycles. The molecule has 2 atom stereocenters. The molecule has 0 aromatic heterocycles. The Kier molecular flexibility index (Phi) is 6.97. The molecule has 3 heteroatoms. The monoisotopic (exact) mass is 296 g/mol. The highest BCUT2D eigenvalue weighted by molar-refractivity contribution is 4.90. The van der Waals surface area contributed by atoms with E-state index in [1.807, 2.05) is 0 Å². The van der Waals surface area contributed by atoms with Gasteiger partial charge in [0.2, 0.25) is 0 Å². The first-order valence-corrected chi connectivity index (χ1v) is 9.05. The third-order valence-electron chi connectivity index (χ3n) is 5.60. The van der Waals surface area contributed by atoms with Gasteiger partial charge >= 0.3 is 0 Å². The maximum absolute atomic E-state index is 5.17. The zero-order chi connectivity index (χ0) is 15.1. The fourth-order valence-corrected chi connectivity index (χ4v) is 4.35. The largest absolute Gasteiger partial charge is 0.383 e. The van der Waals surface area contributed by atoms with Crippen LogP contribution >= 0.6 is 0 Å². The van der Waals surface area contributed by atoms with Crippen LogP contribution in [-0.4, -0.2) is 51.3 Å². The molecule has 1 heterocycles. The van der Waals surface area contributed by atoms with Crippen LogP contribution in [-0.2, 0) is 4.74 Å². The molecule has 2 unspecified atom stereocenters. The van der Waals surface area contributed by atoms with Gasteiger partial charge in [0.05, 0.1) is 6.61 Å². The fourth-order valence-electron chi connectivity index (χ4n) is 4.35. The van der Waals surface area contributed by atoms with Gasteiger partial charge < -0.3 is 15.0 Å². The number of nitrogens with zero attached hydrogens (tertiary/aromatic N) is 1. The van der Waals surface area contributed by atoms with Gasteiger partial charge in [-0.1, -0.05) is 26.7 Å². The number of hydrogen-bond acceptors (Lipinski definition) is 3. The molecule has 0 spiro atoms. The molecule has 1 aliphatic carbocycles. The van der Waals surface area contributed by atoms with Crippen molar-refractivity contribution < 1.29 is 4.74 Å². The number of ether oxygens (including phenoxy) is 1. The average Bonchev–Trinajstić information content (AvgIpc) is 2.46. The molecule has 0 amide bonds. The number of rotatable bonds is 7. The molecule has 0 bridgehead atoms. The first kappa shape index (κ1) is 17.2. The van der Waals surface area contributed by atoms with Crippen molar-refractivity contribution in [2.24, 2.45) is 17.3 Å². The average molecular weight is 296 g/mol. The quantitative estimate of drug-likeness (QED) is 0.730. The maximum Gasteiger partial charge on any atom is 0.0587 e. The van der Waals surface area contributed by atoms with Crippen LogP contribution in [0.3, 0.4) is 0 Å². The van der Waals surface area contributed by atoms with E-state index in [-0.39, 0.29) is 0 Å². The van der Waals surface area contributed by atoms with E-state index in [2.05, 4.69) is 24.1 Å². The van der Waals surface area contributed by atoms with Crippen molar-refractivity contribution >= 4 is 0 Å². The Morgan fingerprint density at radius 1 is 1.14 bits per heavy atom. The third-order valence-corrected chi connectivity index (χ3v) is 5.60. The minimum atomic E-state index is 0.506. The summed E-state index contributed by atoms with van der Waals surface area (Å²) in [6, 6.07) is 0. The van der Waals surface area contributed by atoms with E-state index in [4.69, 9.17) is 4.74 Å². The summed E-state index contributed by atoms with van der Waals surface area (Å²) in [5.74, 6) is 1.83. The van der Waals surface area contributed by atoms with Crippen LogP contribution in [0.25, 0.3) is 0 Å². The van der Waals surface area contributed by atoms with Gasteiger partial charge in [-0.25, -0.2) is 0 Å². The Morgan fingerprint density at radius 3 is 2.57 bits per heavy atom. The van der Waals surface area contributed by atoms with E-state index in [1.165, 1.54) is 64.7 Å². The molecule has 2 aliphatic rings. The molecule has 1 aliphatic heterocycles. The zero-order valence-corrected chi connectivity index (χ0v) is 14.5. The highest BCUT2D eigenvalue weighted by atomic mass is 16.5. The summed E-state index contributed by atoms with van der Waals surface area (Å²) < 4.78 is 5.17. The van der Waals surface area contributed by atoms with Crippen LogP contribution in [0.2, 0.25) is 0 Å². The van der Waals surface area contributed by atoms with Crippen LogP contribution in [0.1, 0.15) is 52.4 Å². The Balaban J connectivity index is 1.88. The summed E-state index contributed by atoms with van der Waals surface area (Å²) in [6.45, 7) is 11.8. The van der Waals surface area contributed by atoms with Gasteiger partial charge in [0.1, 0.15) is 0 Å². The van der Waals surface area contributed by atoms with E-state index in [1.54, 1.807) is 7.11 Å².